The van der Waals surface area contributed by atoms with E-state index in [1.165, 1.54) is 5.56 Å². The third kappa shape index (κ3) is 4.71. The second-order valence-corrected chi connectivity index (χ2v) is 8.47. The maximum absolute atomic E-state index is 13.0. The molecular weight excluding hydrogens is 392 g/mol. The average Bonchev–Trinajstić information content (AvgIpc) is 3.60. The first-order valence-electron chi connectivity index (χ1n) is 10.8. The van der Waals surface area contributed by atoms with Crippen LogP contribution in [-0.4, -0.2) is 42.4 Å². The molecule has 4 N–H and O–H groups in total. The highest BCUT2D eigenvalue weighted by atomic mass is 16.2. The number of anilines is 1. The second kappa shape index (κ2) is 8.79. The number of benzene rings is 2. The van der Waals surface area contributed by atoms with Crippen LogP contribution in [0, 0.1) is 5.92 Å². The number of carbonyl (C=O) groups excluding carboxylic acids is 3. The molecule has 0 atom stereocenters. The van der Waals surface area contributed by atoms with Crippen LogP contribution in [0.3, 0.4) is 0 Å². The zero-order valence-corrected chi connectivity index (χ0v) is 17.5. The quantitative estimate of drug-likeness (QED) is 0.669. The Morgan fingerprint density at radius 3 is 2.26 bits per heavy atom. The number of hydrogen-bond acceptors (Lipinski definition) is 3. The summed E-state index contributed by atoms with van der Waals surface area (Å²) < 4.78 is 0. The minimum atomic E-state index is -0.324. The number of nitrogens with two attached hydrogens (primary N) is 1. The average molecular weight is 421 g/mol. The summed E-state index contributed by atoms with van der Waals surface area (Å²) in [7, 11) is 0. The first-order valence-corrected chi connectivity index (χ1v) is 10.8. The lowest BCUT2D eigenvalue weighted by atomic mass is 9.95. The Morgan fingerprint density at radius 2 is 1.61 bits per heavy atom. The van der Waals surface area contributed by atoms with Crippen LogP contribution < -0.4 is 16.4 Å². The molecule has 0 unspecified atom stereocenters. The van der Waals surface area contributed by atoms with Crippen LogP contribution in [-0.2, 0) is 10.2 Å². The molecule has 2 aromatic rings. The summed E-state index contributed by atoms with van der Waals surface area (Å²) in [5.74, 6) is -0.640. The maximum Gasteiger partial charge on any atom is 0.319 e. The number of amides is 4. The van der Waals surface area contributed by atoms with Gasteiger partial charge in [0.05, 0.1) is 11.3 Å². The number of nitrogens with zero attached hydrogens (tertiary/aromatic N) is 1. The smallest absolute Gasteiger partial charge is 0.319 e. The first kappa shape index (κ1) is 20.9. The number of piperidine rings is 1. The fraction of sp³-hybridized carbons (Fsp3) is 0.375. The molecule has 0 radical (unpaired) electrons. The molecular formula is C24H28N4O3. The Balaban J connectivity index is 1.37. The number of para-hydroxylation sites is 1. The van der Waals surface area contributed by atoms with Crippen LogP contribution >= 0.6 is 0 Å². The maximum atomic E-state index is 13.0. The summed E-state index contributed by atoms with van der Waals surface area (Å²) in [5.41, 5.74) is 7.56. The van der Waals surface area contributed by atoms with Gasteiger partial charge in [-0.25, -0.2) is 4.79 Å². The van der Waals surface area contributed by atoms with E-state index in [4.69, 9.17) is 5.73 Å². The summed E-state index contributed by atoms with van der Waals surface area (Å²) >= 11 is 0. The van der Waals surface area contributed by atoms with Crippen LogP contribution in [0.5, 0.6) is 0 Å². The van der Waals surface area contributed by atoms with Gasteiger partial charge in [-0.2, -0.15) is 0 Å². The van der Waals surface area contributed by atoms with Crippen LogP contribution in [0.25, 0.3) is 0 Å². The van der Waals surface area contributed by atoms with Crippen molar-refractivity contribution in [3.8, 4) is 0 Å². The molecule has 0 aromatic heterocycles. The van der Waals surface area contributed by atoms with Crippen molar-refractivity contribution in [2.75, 3.05) is 25.0 Å². The first-order chi connectivity index (χ1) is 15.0. The Morgan fingerprint density at radius 1 is 0.968 bits per heavy atom. The molecule has 162 valence electrons. The highest BCUT2D eigenvalue weighted by molar-refractivity contribution is 6.03. The third-order valence-electron chi connectivity index (χ3n) is 6.42. The van der Waals surface area contributed by atoms with Gasteiger partial charge in [0.15, 0.2) is 0 Å². The SMILES string of the molecule is NC(=O)C1CCN(C(=O)c2ccccc2NC(=O)NCC2(c3ccccc3)CC2)CC1. The minimum Gasteiger partial charge on any atom is -0.369 e. The molecule has 1 aliphatic carbocycles. The molecule has 2 aliphatic rings. The molecule has 0 bridgehead atoms. The lowest BCUT2D eigenvalue weighted by Gasteiger charge is -2.31. The Labute approximate surface area is 182 Å². The number of nitrogens with one attached hydrogen (secondary N) is 2. The normalized spacial score (nSPS) is 17.6. The predicted molar refractivity (Wildman–Crippen MR) is 119 cm³/mol. The van der Waals surface area contributed by atoms with Crippen molar-refractivity contribution < 1.29 is 14.4 Å². The monoisotopic (exact) mass is 420 g/mol. The van der Waals surface area contributed by atoms with E-state index >= 15 is 0 Å². The molecule has 2 fully saturated rings. The lowest BCUT2D eigenvalue weighted by molar-refractivity contribution is -0.123. The Bertz CT molecular complexity index is 964. The van der Waals surface area contributed by atoms with Gasteiger partial charge >= 0.3 is 6.03 Å². The van der Waals surface area contributed by atoms with Gasteiger partial charge in [0.2, 0.25) is 5.91 Å². The van der Waals surface area contributed by atoms with E-state index in [2.05, 4.69) is 22.8 Å². The van der Waals surface area contributed by atoms with Gasteiger partial charge in [-0.15, -0.1) is 0 Å². The Hall–Kier alpha value is -3.35. The summed E-state index contributed by atoms with van der Waals surface area (Å²) in [6.45, 7) is 1.51. The molecule has 31 heavy (non-hydrogen) atoms. The predicted octanol–water partition coefficient (Wildman–Crippen LogP) is 2.88. The summed E-state index contributed by atoms with van der Waals surface area (Å²) in [6, 6.07) is 16.9. The van der Waals surface area contributed by atoms with E-state index in [0.717, 1.165) is 12.8 Å². The van der Waals surface area contributed by atoms with Crippen LogP contribution in [0.2, 0.25) is 0 Å². The zero-order chi connectivity index (χ0) is 21.8. The Kier molecular flexibility index (Phi) is 5.93. The van der Waals surface area contributed by atoms with Crippen LogP contribution in [0.15, 0.2) is 54.6 Å². The lowest BCUT2D eigenvalue weighted by Crippen LogP contribution is -2.42. The van der Waals surface area contributed by atoms with Crippen LogP contribution in [0.4, 0.5) is 10.5 Å². The van der Waals surface area contributed by atoms with Gasteiger partial charge in [0.1, 0.15) is 0 Å². The van der Waals surface area contributed by atoms with Crippen molar-refractivity contribution in [1.29, 1.82) is 0 Å². The number of urea groups is 1. The minimum absolute atomic E-state index is 0.0126. The summed E-state index contributed by atoms with van der Waals surface area (Å²) in [6.07, 6.45) is 3.23. The summed E-state index contributed by atoms with van der Waals surface area (Å²) in [5, 5.41) is 5.81. The number of likely N-dealkylation sites (tertiary alicyclic amines) is 1. The van der Waals surface area contributed by atoms with Gasteiger partial charge in [-0.05, 0) is 43.4 Å². The topological polar surface area (TPSA) is 105 Å². The van der Waals surface area contributed by atoms with E-state index in [-0.39, 0.29) is 29.2 Å². The van der Waals surface area contributed by atoms with Crippen molar-refractivity contribution in [2.45, 2.75) is 31.1 Å². The molecule has 2 aromatic carbocycles. The van der Waals surface area contributed by atoms with E-state index in [1.54, 1.807) is 29.2 Å². The molecule has 1 saturated carbocycles. The second-order valence-electron chi connectivity index (χ2n) is 8.47. The van der Waals surface area contributed by atoms with Gasteiger partial charge in [-0.3, -0.25) is 9.59 Å². The zero-order valence-electron chi connectivity index (χ0n) is 17.5. The molecule has 4 amide bonds. The molecule has 1 aliphatic heterocycles. The molecule has 1 heterocycles. The van der Waals surface area contributed by atoms with E-state index in [0.29, 0.717) is 43.7 Å². The van der Waals surface area contributed by atoms with E-state index in [1.807, 2.05) is 18.2 Å². The number of primary amides is 1. The molecule has 7 heteroatoms. The fourth-order valence-corrected chi connectivity index (χ4v) is 4.24. The van der Waals surface area contributed by atoms with Gasteiger partial charge in [0, 0.05) is 31.0 Å². The number of carbonyl (C=O) groups is 3. The molecule has 0 spiro atoms. The highest BCUT2D eigenvalue weighted by Gasteiger charge is 2.44. The van der Waals surface area contributed by atoms with E-state index < -0.39 is 0 Å². The molecule has 1 saturated heterocycles. The van der Waals surface area contributed by atoms with Crippen molar-refractivity contribution in [1.82, 2.24) is 10.2 Å². The fourth-order valence-electron chi connectivity index (χ4n) is 4.24. The third-order valence-corrected chi connectivity index (χ3v) is 6.42. The summed E-state index contributed by atoms with van der Waals surface area (Å²) in [4.78, 5) is 38.7. The highest BCUT2D eigenvalue weighted by Crippen LogP contribution is 2.47. The molecule has 7 nitrogen and oxygen atoms in total. The molecule has 4 rings (SSSR count). The number of hydrogen-bond donors (Lipinski definition) is 3. The van der Waals surface area contributed by atoms with Crippen molar-refractivity contribution in [2.24, 2.45) is 11.7 Å². The van der Waals surface area contributed by atoms with Gasteiger partial charge in [0.25, 0.3) is 5.91 Å². The van der Waals surface area contributed by atoms with Crippen molar-refractivity contribution >= 4 is 23.5 Å². The van der Waals surface area contributed by atoms with Crippen LogP contribution in [0.1, 0.15) is 41.6 Å². The standard InChI is InChI=1S/C24H28N4O3/c25-21(29)17-10-14-28(15-11-17)22(30)19-8-4-5-9-20(19)27-23(31)26-16-24(12-13-24)18-6-2-1-3-7-18/h1-9,17H,10-16H2,(H2,25,29)(H2,26,27,31). The van der Waals surface area contributed by atoms with Crippen molar-refractivity contribution in [3.63, 3.8) is 0 Å². The van der Waals surface area contributed by atoms with Gasteiger partial charge < -0.3 is 21.3 Å². The van der Waals surface area contributed by atoms with Crippen molar-refractivity contribution in [3.05, 3.63) is 65.7 Å². The number of rotatable bonds is 6. The largest absolute Gasteiger partial charge is 0.369 e. The van der Waals surface area contributed by atoms with E-state index in [9.17, 15) is 14.4 Å². The van der Waals surface area contributed by atoms with Gasteiger partial charge in [-0.1, -0.05) is 42.5 Å².